The first-order valence-electron chi connectivity index (χ1n) is 14.2. The molecule has 4 amide bonds. The molecule has 0 aliphatic rings. The normalized spacial score (nSPS) is 13.1. The molecule has 5 N–H and O–H groups in total. The Labute approximate surface area is 247 Å². The van der Waals surface area contributed by atoms with Gasteiger partial charge in [0, 0.05) is 17.6 Å². The lowest BCUT2D eigenvalue weighted by molar-refractivity contribution is -0.132. The fraction of sp³-hybridized carbons (Fsp3) is 0.375. The van der Waals surface area contributed by atoms with Crippen LogP contribution >= 0.6 is 0 Å². The highest BCUT2D eigenvalue weighted by Gasteiger charge is 2.30. The van der Waals surface area contributed by atoms with Crippen LogP contribution in [0.4, 0.5) is 10.5 Å². The average molecular weight is 576 g/mol. The maximum absolute atomic E-state index is 13.5. The van der Waals surface area contributed by atoms with Crippen molar-refractivity contribution in [3.8, 4) is 0 Å². The fourth-order valence-electron chi connectivity index (χ4n) is 4.30. The van der Waals surface area contributed by atoms with Crippen LogP contribution in [0.1, 0.15) is 39.2 Å². The third-order valence-electron chi connectivity index (χ3n) is 6.91. The molecule has 0 aliphatic heterocycles. The van der Waals surface area contributed by atoms with Crippen LogP contribution in [-0.2, 0) is 25.7 Å². The molecule has 0 unspecified atom stereocenters. The summed E-state index contributed by atoms with van der Waals surface area (Å²) in [6, 6.07) is 20.4. The Morgan fingerprint density at radius 3 is 2.19 bits per heavy atom. The zero-order valence-electron chi connectivity index (χ0n) is 24.6. The van der Waals surface area contributed by atoms with Crippen molar-refractivity contribution in [2.45, 2.75) is 58.3 Å². The largest absolute Gasteiger partial charge is 0.445 e. The molecule has 0 saturated heterocycles. The van der Waals surface area contributed by atoms with Gasteiger partial charge < -0.3 is 31.3 Å². The minimum absolute atomic E-state index is 0.146. The number of likely N-dealkylation sites (N-methyl/N-ethyl adjacent to an activating group) is 1. The summed E-state index contributed by atoms with van der Waals surface area (Å²) in [5.74, 6) is -1.40. The summed E-state index contributed by atoms with van der Waals surface area (Å²) in [5, 5.41) is 15.9. The number of hydrogen-bond donors (Lipinski definition) is 5. The molecule has 0 fully saturated rings. The molecule has 42 heavy (non-hydrogen) atoms. The third kappa shape index (κ3) is 9.59. The van der Waals surface area contributed by atoms with E-state index in [4.69, 9.17) is 4.74 Å². The summed E-state index contributed by atoms with van der Waals surface area (Å²) in [4.78, 5) is 51.5. The Kier molecular flexibility index (Phi) is 12.3. The first-order chi connectivity index (χ1) is 20.2. The van der Waals surface area contributed by atoms with Crippen molar-refractivity contribution in [1.29, 1.82) is 0 Å². The van der Waals surface area contributed by atoms with Crippen molar-refractivity contribution in [2.75, 3.05) is 18.9 Å². The average Bonchev–Trinajstić information content (AvgIpc) is 3.00. The number of rotatable bonds is 14. The lowest BCUT2D eigenvalue weighted by Gasteiger charge is -2.26. The Morgan fingerprint density at radius 2 is 1.48 bits per heavy atom. The van der Waals surface area contributed by atoms with E-state index in [2.05, 4.69) is 26.6 Å². The highest BCUT2D eigenvalue weighted by atomic mass is 16.5. The molecule has 0 bridgehead atoms. The van der Waals surface area contributed by atoms with Gasteiger partial charge in [0.05, 0.1) is 6.04 Å². The van der Waals surface area contributed by atoms with E-state index in [-0.39, 0.29) is 31.4 Å². The smallest absolute Gasteiger partial charge is 0.407 e. The quantitative estimate of drug-likeness (QED) is 0.186. The molecule has 3 rings (SSSR count). The van der Waals surface area contributed by atoms with Gasteiger partial charge in [-0.15, -0.1) is 0 Å². The molecule has 224 valence electrons. The first kappa shape index (κ1) is 32.1. The van der Waals surface area contributed by atoms with Crippen molar-refractivity contribution in [1.82, 2.24) is 21.3 Å². The van der Waals surface area contributed by atoms with E-state index in [0.29, 0.717) is 12.1 Å². The van der Waals surface area contributed by atoms with Crippen LogP contribution < -0.4 is 26.6 Å². The van der Waals surface area contributed by atoms with E-state index in [1.54, 1.807) is 20.0 Å². The van der Waals surface area contributed by atoms with Crippen LogP contribution in [0, 0.1) is 5.92 Å². The van der Waals surface area contributed by atoms with Gasteiger partial charge in [-0.2, -0.15) is 0 Å². The summed E-state index contributed by atoms with van der Waals surface area (Å²) < 4.78 is 5.25. The Morgan fingerprint density at radius 1 is 0.786 bits per heavy atom. The number of hydrogen-bond acceptors (Lipinski definition) is 6. The zero-order chi connectivity index (χ0) is 30.5. The predicted octanol–water partition coefficient (Wildman–Crippen LogP) is 3.72. The topological polar surface area (TPSA) is 138 Å². The number of benzene rings is 3. The Bertz CT molecular complexity index is 1340. The Hall–Kier alpha value is -4.44. The van der Waals surface area contributed by atoms with Crippen LogP contribution in [0.25, 0.3) is 10.8 Å². The van der Waals surface area contributed by atoms with Gasteiger partial charge in [0.2, 0.25) is 17.7 Å². The summed E-state index contributed by atoms with van der Waals surface area (Å²) in [6.45, 7) is 5.73. The Balaban J connectivity index is 1.67. The standard InChI is InChI=1S/C32H41N5O5/c1-21(2)28(37-29(38)22(3)33-4)31(40)36-27(18-11-19-34-32(41)42-20-23-12-6-5-7-13-23)30(39)35-26-17-10-15-24-14-8-9-16-25(24)26/h5-10,12-17,21-22,27-28,33H,11,18-20H2,1-4H3,(H,34,41)(H,35,39)(H,36,40)(H,37,38)/t22-,27-,28-/m0/s1. The zero-order valence-corrected chi connectivity index (χ0v) is 24.6. The maximum Gasteiger partial charge on any atom is 0.407 e. The minimum atomic E-state index is -0.918. The van der Waals surface area contributed by atoms with E-state index in [1.165, 1.54) is 0 Å². The molecule has 0 heterocycles. The lowest BCUT2D eigenvalue weighted by atomic mass is 10.0. The van der Waals surface area contributed by atoms with Crippen molar-refractivity contribution >= 4 is 40.3 Å². The summed E-state index contributed by atoms with van der Waals surface area (Å²) in [6.07, 6.45) is 0.0671. The van der Waals surface area contributed by atoms with E-state index < -0.39 is 36.0 Å². The van der Waals surface area contributed by atoms with Gasteiger partial charge in [-0.1, -0.05) is 80.6 Å². The van der Waals surface area contributed by atoms with Gasteiger partial charge in [-0.05, 0) is 49.7 Å². The summed E-state index contributed by atoms with van der Waals surface area (Å²) >= 11 is 0. The molecule has 0 saturated carbocycles. The van der Waals surface area contributed by atoms with Crippen LogP contribution in [0.2, 0.25) is 0 Å². The number of alkyl carbamates (subject to hydrolysis) is 1. The number of anilines is 1. The van der Waals surface area contributed by atoms with Gasteiger partial charge >= 0.3 is 6.09 Å². The van der Waals surface area contributed by atoms with Crippen LogP contribution in [0.3, 0.4) is 0 Å². The van der Waals surface area contributed by atoms with Crippen molar-refractivity contribution in [3.05, 3.63) is 78.4 Å². The molecule has 3 aromatic rings. The van der Waals surface area contributed by atoms with Crippen LogP contribution in [0.5, 0.6) is 0 Å². The number of carbonyl (C=O) groups excluding carboxylic acids is 4. The van der Waals surface area contributed by atoms with E-state index in [0.717, 1.165) is 16.3 Å². The van der Waals surface area contributed by atoms with E-state index in [9.17, 15) is 19.2 Å². The number of amides is 4. The molecule has 0 aromatic heterocycles. The van der Waals surface area contributed by atoms with E-state index >= 15 is 0 Å². The predicted molar refractivity (Wildman–Crippen MR) is 164 cm³/mol. The number of carbonyl (C=O) groups is 4. The van der Waals surface area contributed by atoms with Gasteiger partial charge in [0.15, 0.2) is 0 Å². The molecule has 0 spiro atoms. The second-order valence-corrected chi connectivity index (χ2v) is 10.4. The molecular weight excluding hydrogens is 534 g/mol. The van der Waals surface area contributed by atoms with E-state index in [1.807, 2.05) is 80.6 Å². The van der Waals surface area contributed by atoms with Gasteiger partial charge in [-0.3, -0.25) is 14.4 Å². The SMILES string of the molecule is CN[C@@H](C)C(=O)N[C@H](C(=O)N[C@@H](CCCNC(=O)OCc1ccccc1)C(=O)Nc1cccc2ccccc12)C(C)C. The molecular formula is C32H41N5O5. The molecule has 10 heteroatoms. The fourth-order valence-corrected chi connectivity index (χ4v) is 4.30. The number of fused-ring (bicyclic) bond motifs is 1. The van der Waals surface area contributed by atoms with Gasteiger partial charge in [0.25, 0.3) is 0 Å². The molecule has 0 aliphatic carbocycles. The monoisotopic (exact) mass is 575 g/mol. The number of ether oxygens (including phenoxy) is 1. The molecule has 10 nitrogen and oxygen atoms in total. The summed E-state index contributed by atoms with van der Waals surface area (Å²) in [7, 11) is 1.66. The highest BCUT2D eigenvalue weighted by Crippen LogP contribution is 2.23. The molecule has 3 atom stereocenters. The summed E-state index contributed by atoms with van der Waals surface area (Å²) in [5.41, 5.74) is 1.49. The highest BCUT2D eigenvalue weighted by molar-refractivity contribution is 6.05. The van der Waals surface area contributed by atoms with Crippen LogP contribution in [-0.4, -0.2) is 55.5 Å². The van der Waals surface area contributed by atoms with Gasteiger partial charge in [0.1, 0.15) is 18.7 Å². The maximum atomic E-state index is 13.5. The van der Waals surface area contributed by atoms with Crippen molar-refractivity contribution < 1.29 is 23.9 Å². The van der Waals surface area contributed by atoms with Crippen molar-refractivity contribution in [3.63, 3.8) is 0 Å². The van der Waals surface area contributed by atoms with Crippen LogP contribution in [0.15, 0.2) is 72.8 Å². The second-order valence-electron chi connectivity index (χ2n) is 10.4. The molecule has 0 radical (unpaired) electrons. The minimum Gasteiger partial charge on any atom is -0.445 e. The van der Waals surface area contributed by atoms with Gasteiger partial charge in [-0.25, -0.2) is 4.79 Å². The van der Waals surface area contributed by atoms with Crippen molar-refractivity contribution in [2.24, 2.45) is 5.92 Å². The number of nitrogens with one attached hydrogen (secondary N) is 5. The second kappa shape index (κ2) is 16.1. The first-order valence-corrected chi connectivity index (χ1v) is 14.2. The lowest BCUT2D eigenvalue weighted by Crippen LogP contribution is -2.56. The third-order valence-corrected chi connectivity index (χ3v) is 6.91. The molecule has 3 aromatic carbocycles.